The van der Waals surface area contributed by atoms with E-state index in [0.29, 0.717) is 5.66 Å². The number of allylic oxidation sites excluding steroid dienone is 4. The molecule has 1 atom stereocenters. The van der Waals surface area contributed by atoms with Crippen LogP contribution in [0.5, 0.6) is 11.5 Å². The van der Waals surface area contributed by atoms with Gasteiger partial charge in [0.05, 0.1) is 14.2 Å². The van der Waals surface area contributed by atoms with Gasteiger partial charge >= 0.3 is 0 Å². The summed E-state index contributed by atoms with van der Waals surface area (Å²) in [5.41, 5.74) is 9.02. The molecule has 0 heterocycles. The third kappa shape index (κ3) is 6.50. The van der Waals surface area contributed by atoms with E-state index >= 15 is 0 Å². The molecule has 3 aliphatic carbocycles. The summed E-state index contributed by atoms with van der Waals surface area (Å²) in [5, 5.41) is 4.82. The van der Waals surface area contributed by atoms with Gasteiger partial charge in [0.2, 0.25) is 0 Å². The zero-order valence-corrected chi connectivity index (χ0v) is 28.5. The highest BCUT2D eigenvalue weighted by atomic mass is 31.1. The van der Waals surface area contributed by atoms with Crippen molar-refractivity contribution in [3.8, 4) is 11.5 Å². The lowest BCUT2D eigenvalue weighted by atomic mass is 9.99. The van der Waals surface area contributed by atoms with E-state index in [1.165, 1.54) is 103 Å². The fraction of sp³-hybridized carbons (Fsp3) is 0.568. The first-order valence-corrected chi connectivity index (χ1v) is 19.0. The van der Waals surface area contributed by atoms with Gasteiger partial charge in [-0.2, -0.15) is 0 Å². The first-order valence-electron chi connectivity index (χ1n) is 16.1. The minimum atomic E-state index is -0.619. The van der Waals surface area contributed by atoms with E-state index in [0.717, 1.165) is 22.8 Å². The summed E-state index contributed by atoms with van der Waals surface area (Å²) in [6.45, 7) is 11.4. The maximum absolute atomic E-state index is 5.80. The van der Waals surface area contributed by atoms with Crippen LogP contribution in [0.4, 0.5) is 0 Å². The molecule has 5 rings (SSSR count). The molecule has 2 saturated carbocycles. The molecule has 0 amide bonds. The molecule has 0 aliphatic heterocycles. The van der Waals surface area contributed by atoms with E-state index in [2.05, 4.69) is 71.0 Å². The minimum Gasteiger partial charge on any atom is -0.496 e. The fourth-order valence-electron chi connectivity index (χ4n) is 8.12. The van der Waals surface area contributed by atoms with Gasteiger partial charge in [-0.15, -0.1) is 0 Å². The number of aryl methyl sites for hydroxylation is 4. The highest BCUT2D eigenvalue weighted by molar-refractivity contribution is 7.74. The summed E-state index contributed by atoms with van der Waals surface area (Å²) in [6, 6.07) is 9.69. The first kappa shape index (κ1) is 30.8. The lowest BCUT2D eigenvalue weighted by molar-refractivity contribution is 0.408. The Hall–Kier alpha value is -1.62. The highest BCUT2D eigenvalue weighted by Gasteiger charge is 2.37. The lowest BCUT2D eigenvalue weighted by Crippen LogP contribution is -2.25. The van der Waals surface area contributed by atoms with Crippen molar-refractivity contribution in [3.05, 3.63) is 69.6 Å². The van der Waals surface area contributed by atoms with Gasteiger partial charge in [0.25, 0.3) is 0 Å². The Morgan fingerprint density at radius 1 is 0.659 bits per heavy atom. The van der Waals surface area contributed by atoms with Crippen LogP contribution < -0.4 is 20.1 Å². The van der Waals surface area contributed by atoms with Crippen LogP contribution >= 0.6 is 15.8 Å². The van der Waals surface area contributed by atoms with Gasteiger partial charge in [-0.25, -0.2) is 0 Å². The van der Waals surface area contributed by atoms with Crippen molar-refractivity contribution in [1.82, 2.24) is 0 Å². The van der Waals surface area contributed by atoms with Gasteiger partial charge in [0.1, 0.15) is 11.5 Å². The third-order valence-corrected chi connectivity index (χ3v) is 16.2. The average Bonchev–Trinajstić information content (AvgIpc) is 3.44. The molecule has 222 valence electrons. The second-order valence-electron chi connectivity index (χ2n) is 12.8. The molecule has 0 spiro atoms. The summed E-state index contributed by atoms with van der Waals surface area (Å²) < 4.78 is 11.6. The second kappa shape index (κ2) is 13.8. The lowest BCUT2D eigenvalue weighted by Gasteiger charge is -2.41. The van der Waals surface area contributed by atoms with Crippen molar-refractivity contribution in [3.63, 3.8) is 0 Å². The average molecular weight is 591 g/mol. The Bertz CT molecular complexity index is 1160. The fourth-order valence-corrected chi connectivity index (χ4v) is 15.5. The number of ether oxygens (including phenoxy) is 2. The van der Waals surface area contributed by atoms with Crippen molar-refractivity contribution < 1.29 is 9.47 Å². The van der Waals surface area contributed by atoms with Gasteiger partial charge in [-0.1, -0.05) is 65.5 Å². The molecule has 41 heavy (non-hydrogen) atoms. The summed E-state index contributed by atoms with van der Waals surface area (Å²) in [4.78, 5) is 0. The van der Waals surface area contributed by atoms with Gasteiger partial charge in [0.15, 0.2) is 0 Å². The molecule has 0 radical (unpaired) electrons. The Balaban J connectivity index is 1.64. The predicted molar refractivity (Wildman–Crippen MR) is 182 cm³/mol. The van der Waals surface area contributed by atoms with Gasteiger partial charge in [0, 0.05) is 5.66 Å². The zero-order valence-electron chi connectivity index (χ0n) is 26.7. The smallest absolute Gasteiger partial charge is 0.124 e. The molecule has 3 aliphatic rings. The van der Waals surface area contributed by atoms with E-state index in [4.69, 9.17) is 9.47 Å². The second-order valence-corrected chi connectivity index (χ2v) is 18.1. The number of hydrogen-bond acceptors (Lipinski definition) is 2. The van der Waals surface area contributed by atoms with Crippen molar-refractivity contribution in [2.75, 3.05) is 14.2 Å². The van der Waals surface area contributed by atoms with Crippen LogP contribution in [0.1, 0.15) is 99.8 Å². The third-order valence-electron chi connectivity index (χ3n) is 9.88. The quantitative estimate of drug-likeness (QED) is 0.271. The summed E-state index contributed by atoms with van der Waals surface area (Å²) in [7, 11) is 2.90. The molecular formula is C37H52O2P2. The minimum absolute atomic E-state index is 0.0854. The Morgan fingerprint density at radius 2 is 1.07 bits per heavy atom. The van der Waals surface area contributed by atoms with Crippen molar-refractivity contribution in [1.29, 1.82) is 0 Å². The Kier molecular flexibility index (Phi) is 10.4. The van der Waals surface area contributed by atoms with Crippen LogP contribution in [-0.4, -0.2) is 31.2 Å². The van der Waals surface area contributed by atoms with Crippen LogP contribution in [0.15, 0.2) is 47.3 Å². The normalized spacial score (nSPS) is 19.4. The van der Waals surface area contributed by atoms with Crippen molar-refractivity contribution >= 4 is 26.5 Å². The Labute approximate surface area is 252 Å². The molecule has 0 saturated heterocycles. The van der Waals surface area contributed by atoms with Gasteiger partial charge < -0.3 is 9.47 Å². The Morgan fingerprint density at radius 3 is 1.46 bits per heavy atom. The first-order chi connectivity index (χ1) is 19.8. The van der Waals surface area contributed by atoms with E-state index in [1.807, 2.05) is 5.31 Å². The molecule has 2 fully saturated rings. The van der Waals surface area contributed by atoms with Crippen molar-refractivity contribution in [2.45, 2.75) is 122 Å². The van der Waals surface area contributed by atoms with Crippen LogP contribution in [-0.2, 0) is 0 Å². The molecule has 2 nitrogen and oxygen atoms in total. The molecule has 2 aromatic carbocycles. The maximum atomic E-state index is 5.80. The van der Waals surface area contributed by atoms with Crippen LogP contribution in [0.2, 0.25) is 0 Å². The molecular weight excluding hydrogens is 538 g/mol. The topological polar surface area (TPSA) is 18.5 Å². The van der Waals surface area contributed by atoms with E-state index in [1.54, 1.807) is 19.8 Å². The van der Waals surface area contributed by atoms with Gasteiger partial charge in [-0.3, -0.25) is 0 Å². The summed E-state index contributed by atoms with van der Waals surface area (Å²) in [6.07, 6.45) is 20.8. The van der Waals surface area contributed by atoms with E-state index in [-0.39, 0.29) is 7.92 Å². The van der Waals surface area contributed by atoms with Crippen LogP contribution in [0, 0.1) is 27.7 Å². The molecule has 0 aromatic heterocycles. The van der Waals surface area contributed by atoms with Gasteiger partial charge in [-0.05, 0) is 147 Å². The largest absolute Gasteiger partial charge is 0.496 e. The number of hydrogen-bond donors (Lipinski definition) is 0. The SMILES string of the molecule is COc1c(C)cc(P(c2cc(C)c(OC)c(C)c2)[C@H](C)C2=C(P(C3CCCCC3)C3CCCCC3)CC=C2)cc1C. The standard InChI is InChI=1S/C37H52O2P2/c1-25-21-32(22-26(2)36(25)38-6)40(33-23-27(3)37(39-7)28(4)24-33)29(5)34-19-14-20-35(34)41(30-15-10-8-11-16-30)31-17-12-9-13-18-31/h14,19,21-24,29-31H,8-13,15-18,20H2,1-7H3/t29-/m1/s1. The number of benzene rings is 2. The summed E-state index contributed by atoms with van der Waals surface area (Å²) >= 11 is 0. The monoisotopic (exact) mass is 590 g/mol. The molecule has 0 N–H and O–H groups in total. The maximum Gasteiger partial charge on any atom is 0.124 e. The molecule has 0 bridgehead atoms. The predicted octanol–water partition coefficient (Wildman–Crippen LogP) is 10.1. The molecule has 4 heteroatoms. The van der Waals surface area contributed by atoms with Crippen molar-refractivity contribution in [2.24, 2.45) is 0 Å². The summed E-state index contributed by atoms with van der Waals surface area (Å²) in [5.74, 6) is 2.05. The number of rotatable bonds is 9. The van der Waals surface area contributed by atoms with Crippen LogP contribution in [0.3, 0.4) is 0 Å². The van der Waals surface area contributed by atoms with E-state index in [9.17, 15) is 0 Å². The molecule has 2 aromatic rings. The van der Waals surface area contributed by atoms with E-state index < -0.39 is 7.92 Å². The number of methoxy groups -OCH3 is 2. The molecule has 0 unspecified atom stereocenters. The zero-order chi connectivity index (χ0) is 29.1. The highest BCUT2D eigenvalue weighted by Crippen LogP contribution is 2.65. The van der Waals surface area contributed by atoms with Crippen LogP contribution in [0.25, 0.3) is 0 Å².